The Bertz CT molecular complexity index is 824. The fourth-order valence-corrected chi connectivity index (χ4v) is 3.03. The van der Waals surface area contributed by atoms with Crippen LogP contribution in [0.2, 0.25) is 0 Å². The summed E-state index contributed by atoms with van der Waals surface area (Å²) in [4.78, 5) is 2.24. The zero-order chi connectivity index (χ0) is 17.1. The van der Waals surface area contributed by atoms with Gasteiger partial charge < -0.3 is 14.2 Å². The number of aromatic nitrogens is 3. The van der Waals surface area contributed by atoms with Gasteiger partial charge in [0.1, 0.15) is 18.1 Å². The Morgan fingerprint density at radius 1 is 1.04 bits per heavy atom. The fourth-order valence-electron chi connectivity index (χ4n) is 3.03. The minimum atomic E-state index is 0.345. The van der Waals surface area contributed by atoms with E-state index in [1.165, 1.54) is 12.8 Å². The molecule has 0 aliphatic carbocycles. The van der Waals surface area contributed by atoms with Gasteiger partial charge in [-0.25, -0.2) is 0 Å². The minimum Gasteiger partial charge on any atom is -0.472 e. The van der Waals surface area contributed by atoms with Gasteiger partial charge in [-0.05, 0) is 25.8 Å². The predicted molar refractivity (Wildman–Crippen MR) is 94.5 cm³/mol. The molecular weight excluding hydrogens is 316 g/mol. The van der Waals surface area contributed by atoms with Crippen molar-refractivity contribution in [2.24, 2.45) is 0 Å². The van der Waals surface area contributed by atoms with Crippen LogP contribution in [0.5, 0.6) is 5.88 Å². The van der Waals surface area contributed by atoms with Crippen molar-refractivity contribution in [3.8, 4) is 17.1 Å². The summed E-state index contributed by atoms with van der Waals surface area (Å²) >= 11 is 0. The van der Waals surface area contributed by atoms with Crippen LogP contribution in [0.15, 0.2) is 47.0 Å². The molecule has 1 aliphatic heterocycles. The lowest BCUT2D eigenvalue weighted by atomic mass is 10.1. The molecule has 128 valence electrons. The van der Waals surface area contributed by atoms with Crippen LogP contribution in [0, 0.1) is 6.92 Å². The smallest absolute Gasteiger partial charge is 0.233 e. The van der Waals surface area contributed by atoms with Crippen molar-refractivity contribution in [2.75, 3.05) is 18.0 Å². The maximum Gasteiger partial charge on any atom is 0.233 e. The van der Waals surface area contributed by atoms with E-state index in [9.17, 15) is 0 Å². The third kappa shape index (κ3) is 3.33. The molecule has 0 amide bonds. The number of ether oxygens (including phenoxy) is 1. The summed E-state index contributed by atoms with van der Waals surface area (Å²) in [6.45, 7) is 4.34. The molecule has 6 nitrogen and oxygen atoms in total. The fraction of sp³-hybridized carbons (Fsp3) is 0.316. The van der Waals surface area contributed by atoms with Crippen LogP contribution in [0.4, 0.5) is 5.82 Å². The molecule has 25 heavy (non-hydrogen) atoms. The van der Waals surface area contributed by atoms with Gasteiger partial charge in [-0.3, -0.25) is 0 Å². The first-order valence-corrected chi connectivity index (χ1v) is 8.53. The number of hydrogen-bond donors (Lipinski definition) is 0. The molecule has 1 fully saturated rings. The Morgan fingerprint density at radius 3 is 2.56 bits per heavy atom. The molecule has 1 aliphatic rings. The SMILES string of the molecule is Cc1onc(-c2ccccc2)c1COc1ccc(N2CCCC2)nn1. The van der Waals surface area contributed by atoms with Crippen molar-refractivity contribution in [1.82, 2.24) is 15.4 Å². The van der Waals surface area contributed by atoms with Crippen LogP contribution in [0.3, 0.4) is 0 Å². The molecule has 0 spiro atoms. The average Bonchev–Trinajstić information content (AvgIpc) is 3.31. The van der Waals surface area contributed by atoms with Crippen molar-refractivity contribution < 1.29 is 9.26 Å². The minimum absolute atomic E-state index is 0.345. The lowest BCUT2D eigenvalue weighted by Crippen LogP contribution is -2.19. The van der Waals surface area contributed by atoms with E-state index in [1.54, 1.807) is 0 Å². The normalized spacial score (nSPS) is 14.0. The van der Waals surface area contributed by atoms with Gasteiger partial charge in [0.2, 0.25) is 5.88 Å². The number of hydrogen-bond acceptors (Lipinski definition) is 6. The zero-order valence-corrected chi connectivity index (χ0v) is 14.2. The number of rotatable bonds is 5. The third-order valence-corrected chi connectivity index (χ3v) is 4.45. The lowest BCUT2D eigenvalue weighted by molar-refractivity contribution is 0.287. The quantitative estimate of drug-likeness (QED) is 0.709. The highest BCUT2D eigenvalue weighted by molar-refractivity contribution is 5.63. The number of aryl methyl sites for hydroxylation is 1. The first-order valence-electron chi connectivity index (χ1n) is 8.53. The van der Waals surface area contributed by atoms with E-state index < -0.39 is 0 Å². The van der Waals surface area contributed by atoms with Gasteiger partial charge in [0.15, 0.2) is 5.82 Å². The molecule has 4 rings (SSSR count). The maximum atomic E-state index is 5.82. The van der Waals surface area contributed by atoms with Gasteiger partial charge in [0.25, 0.3) is 0 Å². The topological polar surface area (TPSA) is 64.3 Å². The Hall–Kier alpha value is -2.89. The molecule has 1 aromatic carbocycles. The largest absolute Gasteiger partial charge is 0.472 e. The molecule has 0 atom stereocenters. The van der Waals surface area contributed by atoms with Crippen molar-refractivity contribution in [3.63, 3.8) is 0 Å². The van der Waals surface area contributed by atoms with E-state index >= 15 is 0 Å². The van der Waals surface area contributed by atoms with Crippen molar-refractivity contribution in [3.05, 3.63) is 53.8 Å². The number of anilines is 1. The first-order chi connectivity index (χ1) is 12.3. The van der Waals surface area contributed by atoms with Crippen molar-refractivity contribution >= 4 is 5.82 Å². The van der Waals surface area contributed by atoms with E-state index in [0.29, 0.717) is 12.5 Å². The van der Waals surface area contributed by atoms with E-state index in [1.807, 2.05) is 49.4 Å². The summed E-state index contributed by atoms with van der Waals surface area (Å²) in [6, 6.07) is 13.8. The number of benzene rings is 1. The van der Waals surface area contributed by atoms with Gasteiger partial charge in [-0.15, -0.1) is 10.2 Å². The summed E-state index contributed by atoms with van der Waals surface area (Å²) in [5, 5.41) is 12.6. The van der Waals surface area contributed by atoms with Crippen LogP contribution >= 0.6 is 0 Å². The van der Waals surface area contributed by atoms with Crippen molar-refractivity contribution in [1.29, 1.82) is 0 Å². The molecule has 2 aromatic heterocycles. The molecule has 6 heteroatoms. The van der Waals surface area contributed by atoms with Crippen LogP contribution < -0.4 is 9.64 Å². The molecule has 3 heterocycles. The van der Waals surface area contributed by atoms with Gasteiger partial charge >= 0.3 is 0 Å². The Kier molecular flexibility index (Phi) is 4.33. The lowest BCUT2D eigenvalue weighted by Gasteiger charge is -2.15. The van der Waals surface area contributed by atoms with Gasteiger partial charge in [0.05, 0.1) is 5.56 Å². The zero-order valence-electron chi connectivity index (χ0n) is 14.2. The van der Waals surface area contributed by atoms with E-state index in [-0.39, 0.29) is 0 Å². The highest BCUT2D eigenvalue weighted by atomic mass is 16.5. The molecule has 0 N–H and O–H groups in total. The standard InChI is InChI=1S/C19H20N4O2/c1-14-16(19(22-25-14)15-7-3-2-4-8-15)13-24-18-10-9-17(20-21-18)23-11-5-6-12-23/h2-4,7-10H,5-6,11-13H2,1H3. The second-order valence-electron chi connectivity index (χ2n) is 6.14. The molecule has 0 bridgehead atoms. The van der Waals surface area contributed by atoms with E-state index in [4.69, 9.17) is 9.26 Å². The molecule has 1 saturated heterocycles. The summed E-state index contributed by atoms with van der Waals surface area (Å²) in [5.41, 5.74) is 2.74. The van der Waals surface area contributed by atoms with E-state index in [2.05, 4.69) is 20.3 Å². The molecular formula is C19H20N4O2. The van der Waals surface area contributed by atoms with Gasteiger partial charge in [-0.1, -0.05) is 35.5 Å². The van der Waals surface area contributed by atoms with Crippen LogP contribution in [0.1, 0.15) is 24.2 Å². The van der Waals surface area contributed by atoms with Gasteiger partial charge in [0, 0.05) is 24.7 Å². The monoisotopic (exact) mass is 336 g/mol. The van der Waals surface area contributed by atoms with Gasteiger partial charge in [-0.2, -0.15) is 0 Å². The Morgan fingerprint density at radius 2 is 1.84 bits per heavy atom. The Labute approximate surface area is 146 Å². The Balaban J connectivity index is 1.47. The summed E-state index contributed by atoms with van der Waals surface area (Å²) in [5.74, 6) is 2.17. The molecule has 0 radical (unpaired) electrons. The van der Waals surface area contributed by atoms with Crippen LogP contribution in [-0.2, 0) is 6.61 Å². The van der Waals surface area contributed by atoms with Crippen molar-refractivity contribution in [2.45, 2.75) is 26.4 Å². The highest BCUT2D eigenvalue weighted by Gasteiger charge is 2.16. The summed E-state index contributed by atoms with van der Waals surface area (Å²) in [7, 11) is 0. The highest BCUT2D eigenvalue weighted by Crippen LogP contribution is 2.26. The van der Waals surface area contributed by atoms with E-state index in [0.717, 1.165) is 41.5 Å². The predicted octanol–water partition coefficient (Wildman–Crippen LogP) is 3.62. The second kappa shape index (κ2) is 6.93. The second-order valence-corrected chi connectivity index (χ2v) is 6.14. The average molecular weight is 336 g/mol. The maximum absolute atomic E-state index is 5.82. The first kappa shape index (κ1) is 15.6. The summed E-state index contributed by atoms with van der Waals surface area (Å²) < 4.78 is 11.2. The van der Waals surface area contributed by atoms with Crippen LogP contribution in [-0.4, -0.2) is 28.4 Å². The molecule has 0 saturated carbocycles. The molecule has 0 unspecified atom stereocenters. The molecule has 3 aromatic rings. The number of nitrogens with zero attached hydrogens (tertiary/aromatic N) is 4. The third-order valence-electron chi connectivity index (χ3n) is 4.45. The van der Waals surface area contributed by atoms with Crippen LogP contribution in [0.25, 0.3) is 11.3 Å². The summed E-state index contributed by atoms with van der Waals surface area (Å²) in [6.07, 6.45) is 2.43.